The first-order valence-electron chi connectivity index (χ1n) is 19.7. The summed E-state index contributed by atoms with van der Waals surface area (Å²) in [6, 6.07) is 61.8. The molecule has 4 heteroatoms. The minimum Gasteiger partial charge on any atom is -0.456 e. The minimum absolute atomic E-state index is 0.421. The maximum Gasteiger partial charge on any atom is 0.164 e. The van der Waals surface area contributed by atoms with E-state index in [4.69, 9.17) is 19.4 Å². The molecule has 2 aliphatic rings. The third kappa shape index (κ3) is 5.80. The lowest BCUT2D eigenvalue weighted by atomic mass is 9.76. The molecule has 0 fully saturated rings. The number of hydrogen-bond acceptors (Lipinski definition) is 4. The molecule has 2 aliphatic carbocycles. The highest BCUT2D eigenvalue weighted by Gasteiger charge is 2.38. The van der Waals surface area contributed by atoms with Gasteiger partial charge in [0.2, 0.25) is 0 Å². The summed E-state index contributed by atoms with van der Waals surface area (Å²) in [5.74, 6) is 2.72. The molecule has 2 atom stereocenters. The van der Waals surface area contributed by atoms with Crippen molar-refractivity contribution in [2.45, 2.75) is 19.3 Å². The van der Waals surface area contributed by atoms with E-state index in [1.807, 2.05) is 36.4 Å². The fraction of sp³-hybridized carbons (Fsp3) is 0.0755. The van der Waals surface area contributed by atoms with Gasteiger partial charge in [-0.05, 0) is 92.6 Å². The molecule has 2 heterocycles. The summed E-state index contributed by atoms with van der Waals surface area (Å²) >= 11 is 0. The number of allylic oxidation sites excluding steroid dienone is 4. The van der Waals surface area contributed by atoms with Gasteiger partial charge in [0.1, 0.15) is 11.2 Å². The van der Waals surface area contributed by atoms with Gasteiger partial charge >= 0.3 is 0 Å². The minimum atomic E-state index is 0.421. The first kappa shape index (κ1) is 33.2. The molecule has 9 aromatic rings. The fourth-order valence-electron chi connectivity index (χ4n) is 8.95. The molecule has 0 saturated heterocycles. The van der Waals surface area contributed by atoms with Crippen LogP contribution in [-0.2, 0) is 0 Å². The van der Waals surface area contributed by atoms with E-state index in [1.165, 1.54) is 44.5 Å². The molecule has 0 spiro atoms. The molecule has 0 amide bonds. The molecule has 270 valence electrons. The van der Waals surface area contributed by atoms with Crippen LogP contribution in [0.4, 0.5) is 0 Å². The van der Waals surface area contributed by atoms with Crippen molar-refractivity contribution in [1.29, 1.82) is 0 Å². The molecule has 0 aliphatic heterocycles. The SMILES string of the molecule is CC1c2ccccc2C2=C(c3ccc4oc5cc(-c6nc(-c7ccccc7)nc(-c7ccc(-c8ccccc8)cc7)n6)ccc5c4c3)C=C(c3ccccc3)CC21. The maximum absolute atomic E-state index is 6.59. The monoisotopic (exact) mass is 731 g/mol. The van der Waals surface area contributed by atoms with E-state index in [1.54, 1.807) is 0 Å². The number of nitrogens with zero attached hydrogens (tertiary/aromatic N) is 3. The summed E-state index contributed by atoms with van der Waals surface area (Å²) < 4.78 is 6.59. The van der Waals surface area contributed by atoms with Gasteiger partial charge in [0.15, 0.2) is 17.5 Å². The van der Waals surface area contributed by atoms with E-state index in [2.05, 4.69) is 153 Å². The van der Waals surface area contributed by atoms with Crippen LogP contribution in [0.1, 0.15) is 41.5 Å². The Labute approximate surface area is 331 Å². The Kier molecular flexibility index (Phi) is 7.88. The topological polar surface area (TPSA) is 51.8 Å². The van der Waals surface area contributed by atoms with E-state index in [-0.39, 0.29) is 0 Å². The molecule has 0 N–H and O–H groups in total. The van der Waals surface area contributed by atoms with E-state index in [0.29, 0.717) is 29.3 Å². The van der Waals surface area contributed by atoms with Gasteiger partial charge in [0.25, 0.3) is 0 Å². The summed E-state index contributed by atoms with van der Waals surface area (Å²) in [7, 11) is 0. The number of fused-ring (bicyclic) bond motifs is 6. The maximum atomic E-state index is 6.59. The molecule has 57 heavy (non-hydrogen) atoms. The Balaban J connectivity index is 1.02. The summed E-state index contributed by atoms with van der Waals surface area (Å²) in [6.07, 6.45) is 3.47. The molecule has 4 nitrogen and oxygen atoms in total. The molecule has 0 radical (unpaired) electrons. The Morgan fingerprint density at radius 1 is 0.456 bits per heavy atom. The second kappa shape index (κ2) is 13.5. The van der Waals surface area contributed by atoms with E-state index in [0.717, 1.165) is 50.6 Å². The van der Waals surface area contributed by atoms with Crippen molar-refractivity contribution in [2.75, 3.05) is 0 Å². The van der Waals surface area contributed by atoms with Crippen LogP contribution in [0, 0.1) is 5.92 Å². The van der Waals surface area contributed by atoms with Crippen LogP contribution in [0.2, 0.25) is 0 Å². The van der Waals surface area contributed by atoms with Gasteiger partial charge in [-0.3, -0.25) is 0 Å². The van der Waals surface area contributed by atoms with Crippen LogP contribution in [-0.4, -0.2) is 15.0 Å². The predicted molar refractivity (Wildman–Crippen MR) is 233 cm³/mol. The first-order chi connectivity index (χ1) is 28.1. The Hall–Kier alpha value is -7.17. The second-order valence-electron chi connectivity index (χ2n) is 15.2. The van der Waals surface area contributed by atoms with Crippen molar-refractivity contribution in [3.63, 3.8) is 0 Å². The van der Waals surface area contributed by atoms with Gasteiger partial charge in [0, 0.05) is 27.5 Å². The van der Waals surface area contributed by atoms with E-state index < -0.39 is 0 Å². The number of rotatable bonds is 6. The highest BCUT2D eigenvalue weighted by atomic mass is 16.3. The van der Waals surface area contributed by atoms with Crippen LogP contribution < -0.4 is 0 Å². The van der Waals surface area contributed by atoms with Gasteiger partial charge in [0.05, 0.1) is 0 Å². The standard InChI is InChI=1S/C53H37N3O/c1-33-42-19-11-12-20-44(42)50-45(33)30-41(35-15-7-3-8-16-35)31-46(50)39-26-28-48-47(29-39)43-27-25-40(32-49(43)57-48)53-55-51(37-17-9-4-10-18-37)54-52(56-53)38-23-21-36(22-24-38)34-13-5-2-6-14-34/h2-29,31-33,45H,30H2,1H3. The smallest absolute Gasteiger partial charge is 0.164 e. The largest absolute Gasteiger partial charge is 0.456 e. The van der Waals surface area contributed by atoms with Crippen LogP contribution >= 0.6 is 0 Å². The summed E-state index contributed by atoms with van der Waals surface area (Å²) in [4.78, 5) is 15.0. The predicted octanol–water partition coefficient (Wildman–Crippen LogP) is 13.6. The van der Waals surface area contributed by atoms with Gasteiger partial charge in [-0.25, -0.2) is 15.0 Å². The molecule has 0 saturated carbocycles. The number of aromatic nitrogens is 3. The van der Waals surface area contributed by atoms with Crippen molar-refractivity contribution in [3.05, 3.63) is 204 Å². The lowest BCUT2D eigenvalue weighted by molar-refractivity contribution is 0.595. The quantitative estimate of drug-likeness (QED) is 0.171. The van der Waals surface area contributed by atoms with Crippen molar-refractivity contribution in [1.82, 2.24) is 15.0 Å². The van der Waals surface area contributed by atoms with Gasteiger partial charge in [-0.2, -0.15) is 0 Å². The third-order valence-corrected chi connectivity index (χ3v) is 11.9. The van der Waals surface area contributed by atoms with Crippen LogP contribution in [0.5, 0.6) is 0 Å². The van der Waals surface area contributed by atoms with Crippen molar-refractivity contribution < 1.29 is 4.42 Å². The number of furan rings is 1. The normalized spacial score (nSPS) is 16.1. The fourth-order valence-corrected chi connectivity index (χ4v) is 8.95. The van der Waals surface area contributed by atoms with Crippen molar-refractivity contribution >= 4 is 38.7 Å². The highest BCUT2D eigenvalue weighted by Crippen LogP contribution is 2.55. The molecule has 2 aromatic heterocycles. The Morgan fingerprint density at radius 3 is 1.72 bits per heavy atom. The summed E-state index contributed by atoms with van der Waals surface area (Å²) in [5, 5.41) is 2.16. The second-order valence-corrected chi connectivity index (χ2v) is 15.2. The molecule has 2 unspecified atom stereocenters. The lowest BCUT2D eigenvalue weighted by Gasteiger charge is -2.27. The molecule has 11 rings (SSSR count). The van der Waals surface area contributed by atoms with Crippen LogP contribution in [0.25, 0.3) is 83.9 Å². The van der Waals surface area contributed by atoms with E-state index in [9.17, 15) is 0 Å². The molecular weight excluding hydrogens is 695 g/mol. The Bertz CT molecular complexity index is 3030. The highest BCUT2D eigenvalue weighted by molar-refractivity contribution is 6.10. The van der Waals surface area contributed by atoms with Crippen LogP contribution in [0.3, 0.4) is 0 Å². The van der Waals surface area contributed by atoms with Gasteiger partial charge in [-0.1, -0.05) is 165 Å². The summed E-state index contributed by atoms with van der Waals surface area (Å²) in [6.45, 7) is 2.40. The van der Waals surface area contributed by atoms with Crippen molar-refractivity contribution in [3.8, 4) is 45.3 Å². The lowest BCUT2D eigenvalue weighted by Crippen LogP contribution is -2.10. The van der Waals surface area contributed by atoms with E-state index >= 15 is 0 Å². The molecule has 0 bridgehead atoms. The zero-order valence-corrected chi connectivity index (χ0v) is 31.4. The van der Waals surface area contributed by atoms with Crippen LogP contribution in [0.15, 0.2) is 186 Å². The zero-order valence-electron chi connectivity index (χ0n) is 31.4. The molecule has 7 aromatic carbocycles. The average Bonchev–Trinajstić information content (AvgIpc) is 3.80. The van der Waals surface area contributed by atoms with Gasteiger partial charge in [-0.15, -0.1) is 0 Å². The third-order valence-electron chi connectivity index (χ3n) is 11.9. The molecular formula is C53H37N3O. The van der Waals surface area contributed by atoms with Crippen molar-refractivity contribution in [2.24, 2.45) is 5.92 Å². The number of benzene rings is 7. The Morgan fingerprint density at radius 2 is 1.00 bits per heavy atom. The van der Waals surface area contributed by atoms with Gasteiger partial charge < -0.3 is 4.42 Å². The summed E-state index contributed by atoms with van der Waals surface area (Å²) in [5.41, 5.74) is 16.2. The zero-order chi connectivity index (χ0) is 37.9. The average molecular weight is 732 g/mol. The number of hydrogen-bond donors (Lipinski definition) is 0. The first-order valence-corrected chi connectivity index (χ1v) is 19.7.